The van der Waals surface area contributed by atoms with Gasteiger partial charge < -0.3 is 10.1 Å². The van der Waals surface area contributed by atoms with Gasteiger partial charge >= 0.3 is 5.97 Å². The molecule has 26 heavy (non-hydrogen) atoms. The minimum Gasteiger partial charge on any atom is -0.464 e. The summed E-state index contributed by atoms with van der Waals surface area (Å²) < 4.78 is 6.01. The van der Waals surface area contributed by atoms with E-state index in [2.05, 4.69) is 20.4 Å². The third kappa shape index (κ3) is 3.84. The summed E-state index contributed by atoms with van der Waals surface area (Å²) in [6, 6.07) is 11.5. The summed E-state index contributed by atoms with van der Waals surface area (Å²) in [5.74, 6) is -0.923. The number of carbonyl (C=O) groups excluding carboxylic acids is 2. The molecule has 132 valence electrons. The van der Waals surface area contributed by atoms with Gasteiger partial charge in [0.15, 0.2) is 5.69 Å². The van der Waals surface area contributed by atoms with Crippen molar-refractivity contribution in [1.29, 1.82) is 0 Å². The Labute approximate surface area is 158 Å². The Kier molecular flexibility index (Phi) is 5.20. The molecule has 0 unspecified atom stereocenters. The highest BCUT2D eigenvalue weighted by molar-refractivity contribution is 6.37. The maximum Gasteiger partial charge on any atom is 0.360 e. The molecule has 0 bridgehead atoms. The zero-order valence-electron chi connectivity index (χ0n) is 13.4. The van der Waals surface area contributed by atoms with Gasteiger partial charge in [0.05, 0.1) is 29.6 Å². The number of carbonyl (C=O) groups is 2. The van der Waals surface area contributed by atoms with Gasteiger partial charge in [-0.05, 0) is 42.5 Å². The summed E-state index contributed by atoms with van der Waals surface area (Å²) in [5.41, 5.74) is 1.65. The Balaban J connectivity index is 1.74. The maximum atomic E-state index is 12.3. The van der Waals surface area contributed by atoms with E-state index in [1.165, 1.54) is 24.1 Å². The lowest BCUT2D eigenvalue weighted by Crippen LogP contribution is -2.12. The van der Waals surface area contributed by atoms with Crippen molar-refractivity contribution in [3.8, 4) is 5.69 Å². The Morgan fingerprint density at radius 2 is 1.85 bits per heavy atom. The first-order valence-corrected chi connectivity index (χ1v) is 8.11. The van der Waals surface area contributed by atoms with Gasteiger partial charge in [0.25, 0.3) is 5.91 Å². The van der Waals surface area contributed by atoms with Gasteiger partial charge in [-0.3, -0.25) is 4.79 Å². The average Bonchev–Trinajstić information content (AvgIpc) is 3.11. The lowest BCUT2D eigenvalue weighted by molar-refractivity contribution is 0.0593. The third-order valence-electron chi connectivity index (χ3n) is 3.45. The van der Waals surface area contributed by atoms with Crippen molar-refractivity contribution in [1.82, 2.24) is 15.0 Å². The second-order valence-corrected chi connectivity index (χ2v) is 6.01. The Morgan fingerprint density at radius 1 is 1.12 bits per heavy atom. The van der Waals surface area contributed by atoms with Gasteiger partial charge in [-0.15, -0.1) is 5.10 Å². The maximum absolute atomic E-state index is 12.3. The van der Waals surface area contributed by atoms with Crippen LogP contribution in [0.15, 0.2) is 48.7 Å². The Morgan fingerprint density at radius 3 is 2.50 bits per heavy atom. The minimum absolute atomic E-state index is 0.0993. The first-order chi connectivity index (χ1) is 12.5. The van der Waals surface area contributed by atoms with Crippen molar-refractivity contribution in [2.24, 2.45) is 0 Å². The summed E-state index contributed by atoms with van der Waals surface area (Å²) in [7, 11) is 1.27. The number of esters is 1. The predicted molar refractivity (Wildman–Crippen MR) is 97.1 cm³/mol. The highest BCUT2D eigenvalue weighted by atomic mass is 35.5. The molecule has 0 radical (unpaired) electrons. The number of halogens is 2. The van der Waals surface area contributed by atoms with Gasteiger partial charge in [-0.2, -0.15) is 0 Å². The molecule has 1 N–H and O–H groups in total. The number of rotatable bonds is 4. The standard InChI is InChI=1S/C17H12Cl2N4O3/c1-26-17(25)15-9-23(22-21-15)12-5-3-11(4-6-12)20-16(24)13-7-2-10(18)8-14(13)19/h2-9H,1H3,(H,20,24). The molecule has 2 aromatic carbocycles. The normalized spacial score (nSPS) is 10.4. The van der Waals surface area contributed by atoms with Gasteiger partial charge in [0, 0.05) is 10.7 Å². The fourth-order valence-corrected chi connectivity index (χ4v) is 2.65. The molecule has 0 aliphatic rings. The summed E-state index contributed by atoms with van der Waals surface area (Å²) >= 11 is 11.9. The van der Waals surface area contributed by atoms with E-state index in [0.717, 1.165) is 0 Å². The lowest BCUT2D eigenvalue weighted by Gasteiger charge is -2.08. The quantitative estimate of drug-likeness (QED) is 0.687. The zero-order valence-corrected chi connectivity index (χ0v) is 15.0. The van der Waals surface area contributed by atoms with E-state index < -0.39 is 5.97 Å². The Bertz CT molecular complexity index is 970. The molecule has 7 nitrogen and oxygen atoms in total. The summed E-state index contributed by atoms with van der Waals surface area (Å²) in [5, 5.41) is 11.1. The van der Waals surface area contributed by atoms with Gasteiger partial charge in [-0.1, -0.05) is 28.4 Å². The number of anilines is 1. The van der Waals surface area contributed by atoms with Crippen LogP contribution in [0, 0.1) is 0 Å². The number of methoxy groups -OCH3 is 1. The first-order valence-electron chi connectivity index (χ1n) is 7.35. The molecule has 3 aromatic rings. The molecular formula is C17H12Cl2N4O3. The van der Waals surface area contributed by atoms with Crippen molar-refractivity contribution in [3.63, 3.8) is 0 Å². The number of benzene rings is 2. The third-order valence-corrected chi connectivity index (χ3v) is 4.00. The number of hydrogen-bond acceptors (Lipinski definition) is 5. The predicted octanol–water partition coefficient (Wildman–Crippen LogP) is 3.61. The SMILES string of the molecule is COC(=O)c1cn(-c2ccc(NC(=O)c3ccc(Cl)cc3Cl)cc2)nn1. The smallest absolute Gasteiger partial charge is 0.360 e. The molecule has 1 amide bonds. The monoisotopic (exact) mass is 390 g/mol. The fourth-order valence-electron chi connectivity index (χ4n) is 2.16. The van der Waals surface area contributed by atoms with Crippen LogP contribution >= 0.6 is 23.2 Å². The molecular weight excluding hydrogens is 379 g/mol. The molecule has 0 atom stereocenters. The number of aromatic nitrogens is 3. The van der Waals surface area contributed by atoms with Gasteiger partial charge in [0.1, 0.15) is 0 Å². The van der Waals surface area contributed by atoms with Crippen LogP contribution in [0.3, 0.4) is 0 Å². The number of hydrogen-bond donors (Lipinski definition) is 1. The van der Waals surface area contributed by atoms with Crippen LogP contribution in [0.5, 0.6) is 0 Å². The topological polar surface area (TPSA) is 86.1 Å². The van der Waals surface area contributed by atoms with E-state index in [9.17, 15) is 9.59 Å². The van der Waals surface area contributed by atoms with E-state index in [1.54, 1.807) is 36.4 Å². The molecule has 0 fully saturated rings. The summed E-state index contributed by atoms with van der Waals surface area (Å²) in [6.45, 7) is 0. The van der Waals surface area contributed by atoms with E-state index in [4.69, 9.17) is 23.2 Å². The second kappa shape index (κ2) is 7.55. The number of ether oxygens (including phenoxy) is 1. The summed E-state index contributed by atoms with van der Waals surface area (Å²) in [4.78, 5) is 23.7. The first kappa shape index (κ1) is 17.9. The van der Waals surface area contributed by atoms with Gasteiger partial charge in [0.2, 0.25) is 0 Å². The number of nitrogens with zero attached hydrogens (tertiary/aromatic N) is 3. The van der Waals surface area contributed by atoms with Crippen LogP contribution in [0.1, 0.15) is 20.8 Å². The van der Waals surface area contributed by atoms with E-state index in [1.807, 2.05) is 0 Å². The van der Waals surface area contributed by atoms with Crippen LogP contribution in [-0.4, -0.2) is 34.0 Å². The van der Waals surface area contributed by atoms with Crippen LogP contribution in [0.4, 0.5) is 5.69 Å². The molecule has 0 aliphatic carbocycles. The summed E-state index contributed by atoms with van der Waals surface area (Å²) in [6.07, 6.45) is 1.45. The van der Waals surface area contributed by atoms with E-state index in [0.29, 0.717) is 22.0 Å². The second-order valence-electron chi connectivity index (χ2n) is 5.17. The van der Waals surface area contributed by atoms with Crippen molar-refractivity contribution >= 4 is 40.8 Å². The molecule has 0 spiro atoms. The number of nitrogens with one attached hydrogen (secondary N) is 1. The van der Waals surface area contributed by atoms with Crippen LogP contribution in [0.25, 0.3) is 5.69 Å². The molecule has 3 rings (SSSR count). The van der Waals surface area contributed by atoms with Crippen molar-refractivity contribution < 1.29 is 14.3 Å². The number of amides is 1. The largest absolute Gasteiger partial charge is 0.464 e. The van der Waals surface area contributed by atoms with Crippen LogP contribution in [0.2, 0.25) is 10.0 Å². The molecule has 0 aliphatic heterocycles. The van der Waals surface area contributed by atoms with Crippen molar-refractivity contribution in [2.45, 2.75) is 0 Å². The van der Waals surface area contributed by atoms with Gasteiger partial charge in [-0.25, -0.2) is 9.48 Å². The fraction of sp³-hybridized carbons (Fsp3) is 0.0588. The van der Waals surface area contributed by atoms with Crippen molar-refractivity contribution in [3.05, 3.63) is 70.0 Å². The van der Waals surface area contributed by atoms with Crippen LogP contribution < -0.4 is 5.32 Å². The average molecular weight is 391 g/mol. The van der Waals surface area contributed by atoms with E-state index in [-0.39, 0.29) is 16.6 Å². The van der Waals surface area contributed by atoms with Crippen molar-refractivity contribution in [2.75, 3.05) is 12.4 Å². The van der Waals surface area contributed by atoms with Crippen LogP contribution in [-0.2, 0) is 4.74 Å². The highest BCUT2D eigenvalue weighted by Gasteiger charge is 2.13. The lowest BCUT2D eigenvalue weighted by atomic mass is 10.2. The molecule has 0 saturated heterocycles. The van der Waals surface area contributed by atoms with E-state index >= 15 is 0 Å². The highest BCUT2D eigenvalue weighted by Crippen LogP contribution is 2.22. The Hall–Kier alpha value is -2.90. The molecule has 1 heterocycles. The molecule has 1 aromatic heterocycles. The zero-order chi connectivity index (χ0) is 18.7. The minimum atomic E-state index is -0.569. The molecule has 9 heteroatoms. The molecule has 0 saturated carbocycles.